The Bertz CT molecular complexity index is 566. The lowest BCUT2D eigenvalue weighted by atomic mass is 10.1. The first-order valence-electron chi connectivity index (χ1n) is 5.62. The van der Waals surface area contributed by atoms with Crippen molar-refractivity contribution in [1.82, 2.24) is 9.55 Å². The lowest BCUT2D eigenvalue weighted by Gasteiger charge is -2.13. The number of halogens is 1. The Hall–Kier alpha value is -1.33. The van der Waals surface area contributed by atoms with Gasteiger partial charge in [0.05, 0.1) is 6.10 Å². The van der Waals surface area contributed by atoms with E-state index < -0.39 is 6.10 Å². The maximum Gasteiger partial charge on any atom is 0.172 e. The molecule has 0 spiro atoms. The molecule has 96 valence electrons. The van der Waals surface area contributed by atoms with Gasteiger partial charge in [0.15, 0.2) is 5.16 Å². The topological polar surface area (TPSA) is 38.0 Å². The normalized spacial score (nSPS) is 12.7. The van der Waals surface area contributed by atoms with Crippen LogP contribution in [0.5, 0.6) is 0 Å². The summed E-state index contributed by atoms with van der Waals surface area (Å²) >= 11 is 1.42. The molecule has 1 aromatic carbocycles. The van der Waals surface area contributed by atoms with Crippen LogP contribution >= 0.6 is 11.8 Å². The third kappa shape index (κ3) is 2.57. The van der Waals surface area contributed by atoms with E-state index >= 15 is 0 Å². The molecular weight excluding hydrogens is 251 g/mol. The summed E-state index contributed by atoms with van der Waals surface area (Å²) in [6.07, 6.45) is 2.85. The molecule has 0 aliphatic heterocycles. The predicted octanol–water partition coefficient (Wildman–Crippen LogP) is 3.07. The van der Waals surface area contributed by atoms with Crippen LogP contribution < -0.4 is 0 Å². The van der Waals surface area contributed by atoms with Crippen molar-refractivity contribution in [2.45, 2.75) is 30.0 Å². The molecule has 1 N–H and O–H groups in total. The molecule has 0 aliphatic rings. The minimum atomic E-state index is -0.706. The van der Waals surface area contributed by atoms with Crippen LogP contribution in [0.4, 0.5) is 4.39 Å². The second-order valence-corrected chi connectivity index (χ2v) is 5.25. The van der Waals surface area contributed by atoms with Gasteiger partial charge in [0.25, 0.3) is 0 Å². The van der Waals surface area contributed by atoms with Gasteiger partial charge in [-0.1, -0.05) is 11.8 Å². The fourth-order valence-corrected chi connectivity index (χ4v) is 2.73. The highest BCUT2D eigenvalue weighted by Gasteiger charge is 2.14. The van der Waals surface area contributed by atoms with Gasteiger partial charge in [-0.05, 0) is 37.1 Å². The van der Waals surface area contributed by atoms with Crippen molar-refractivity contribution in [2.75, 3.05) is 0 Å². The van der Waals surface area contributed by atoms with E-state index in [4.69, 9.17) is 0 Å². The fourth-order valence-electron chi connectivity index (χ4n) is 1.63. The molecule has 1 aromatic heterocycles. The van der Waals surface area contributed by atoms with Gasteiger partial charge in [0.1, 0.15) is 5.82 Å². The van der Waals surface area contributed by atoms with Crippen LogP contribution in [0, 0.1) is 12.7 Å². The number of aryl methyl sites for hydroxylation is 2. The van der Waals surface area contributed by atoms with Crippen molar-refractivity contribution in [3.8, 4) is 0 Å². The molecule has 0 radical (unpaired) electrons. The third-order valence-electron chi connectivity index (χ3n) is 2.72. The van der Waals surface area contributed by atoms with Crippen LogP contribution in [0.15, 0.2) is 34.6 Å². The van der Waals surface area contributed by atoms with Crippen LogP contribution in [0.1, 0.15) is 24.2 Å². The summed E-state index contributed by atoms with van der Waals surface area (Å²) in [6.45, 7) is 3.34. The van der Waals surface area contributed by atoms with Crippen LogP contribution in [0.3, 0.4) is 0 Å². The van der Waals surface area contributed by atoms with Gasteiger partial charge in [-0.2, -0.15) is 0 Å². The highest BCUT2D eigenvalue weighted by Crippen LogP contribution is 2.33. The average molecular weight is 266 g/mol. The summed E-state index contributed by atoms with van der Waals surface area (Å²) in [5.41, 5.74) is 1.15. The maximum atomic E-state index is 13.5. The van der Waals surface area contributed by atoms with Crippen molar-refractivity contribution in [3.63, 3.8) is 0 Å². The molecule has 18 heavy (non-hydrogen) atoms. The molecule has 2 rings (SSSR count). The van der Waals surface area contributed by atoms with Crippen LogP contribution in [-0.4, -0.2) is 14.7 Å². The van der Waals surface area contributed by atoms with Gasteiger partial charge in [-0.3, -0.25) is 0 Å². The van der Waals surface area contributed by atoms with Crippen LogP contribution in [0.2, 0.25) is 0 Å². The molecule has 0 aliphatic carbocycles. The van der Waals surface area contributed by atoms with Crippen molar-refractivity contribution in [3.05, 3.63) is 41.5 Å². The van der Waals surface area contributed by atoms with E-state index in [2.05, 4.69) is 4.98 Å². The first-order chi connectivity index (χ1) is 8.49. The van der Waals surface area contributed by atoms with Gasteiger partial charge >= 0.3 is 0 Å². The molecule has 0 saturated heterocycles. The summed E-state index contributed by atoms with van der Waals surface area (Å²) < 4.78 is 15.4. The minimum absolute atomic E-state index is 0.296. The number of benzene rings is 1. The van der Waals surface area contributed by atoms with Gasteiger partial charge < -0.3 is 9.67 Å². The van der Waals surface area contributed by atoms with E-state index in [9.17, 15) is 9.50 Å². The zero-order valence-corrected chi connectivity index (χ0v) is 11.3. The summed E-state index contributed by atoms with van der Waals surface area (Å²) in [6, 6.07) is 3.14. The van der Waals surface area contributed by atoms with Crippen molar-refractivity contribution >= 4 is 11.8 Å². The standard InChI is InChI=1S/C13H15FN2OS/c1-8-6-12(10(9(2)17)7-11(8)14)18-13-15-4-5-16(13)3/h4-7,9,17H,1-3H3. The van der Waals surface area contributed by atoms with E-state index in [0.717, 1.165) is 10.1 Å². The molecule has 1 unspecified atom stereocenters. The smallest absolute Gasteiger partial charge is 0.172 e. The van der Waals surface area contributed by atoms with E-state index in [-0.39, 0.29) is 5.82 Å². The van der Waals surface area contributed by atoms with Gasteiger partial charge in [0.2, 0.25) is 0 Å². The lowest BCUT2D eigenvalue weighted by molar-refractivity contribution is 0.196. The number of aliphatic hydroxyl groups is 1. The first-order valence-corrected chi connectivity index (χ1v) is 6.44. The zero-order valence-electron chi connectivity index (χ0n) is 10.5. The molecule has 0 amide bonds. The van der Waals surface area contributed by atoms with E-state index in [1.165, 1.54) is 17.8 Å². The van der Waals surface area contributed by atoms with Crippen LogP contribution in [0.25, 0.3) is 0 Å². The maximum absolute atomic E-state index is 13.5. The van der Waals surface area contributed by atoms with E-state index in [1.807, 2.05) is 17.8 Å². The predicted molar refractivity (Wildman–Crippen MR) is 69.1 cm³/mol. The Morgan fingerprint density at radius 1 is 1.44 bits per heavy atom. The Morgan fingerprint density at radius 2 is 2.17 bits per heavy atom. The van der Waals surface area contributed by atoms with E-state index in [1.54, 1.807) is 26.1 Å². The number of aliphatic hydroxyl groups excluding tert-OH is 1. The van der Waals surface area contributed by atoms with E-state index in [0.29, 0.717) is 11.1 Å². The number of hydrogen-bond acceptors (Lipinski definition) is 3. The average Bonchev–Trinajstić information content (AvgIpc) is 2.69. The molecule has 2 aromatic rings. The summed E-state index contributed by atoms with van der Waals surface area (Å²) in [4.78, 5) is 5.05. The number of rotatable bonds is 3. The molecule has 3 nitrogen and oxygen atoms in total. The molecule has 0 fully saturated rings. The number of imidazole rings is 1. The molecule has 1 atom stereocenters. The highest BCUT2D eigenvalue weighted by atomic mass is 32.2. The second kappa shape index (κ2) is 5.12. The Morgan fingerprint density at radius 3 is 2.72 bits per heavy atom. The summed E-state index contributed by atoms with van der Waals surface area (Å²) in [5.74, 6) is -0.296. The fraction of sp³-hybridized carbons (Fsp3) is 0.308. The Labute approximate surface area is 110 Å². The highest BCUT2D eigenvalue weighted by molar-refractivity contribution is 7.99. The van der Waals surface area contributed by atoms with Gasteiger partial charge in [0, 0.05) is 24.3 Å². The second-order valence-electron chi connectivity index (χ2n) is 4.24. The zero-order chi connectivity index (χ0) is 13.3. The Kier molecular flexibility index (Phi) is 3.73. The molecule has 0 saturated carbocycles. The molecule has 5 heteroatoms. The van der Waals surface area contributed by atoms with Gasteiger partial charge in [-0.15, -0.1) is 0 Å². The molecular formula is C13H15FN2OS. The summed E-state index contributed by atoms with van der Waals surface area (Å²) in [5, 5.41) is 10.5. The largest absolute Gasteiger partial charge is 0.389 e. The van der Waals surface area contributed by atoms with Crippen molar-refractivity contribution < 1.29 is 9.50 Å². The lowest BCUT2D eigenvalue weighted by Crippen LogP contribution is -1.98. The van der Waals surface area contributed by atoms with Gasteiger partial charge in [-0.25, -0.2) is 9.37 Å². The number of hydrogen-bond donors (Lipinski definition) is 1. The Balaban J connectivity index is 2.43. The number of aromatic nitrogens is 2. The quantitative estimate of drug-likeness (QED) is 0.927. The monoisotopic (exact) mass is 266 g/mol. The molecule has 0 bridgehead atoms. The SMILES string of the molecule is Cc1cc(Sc2nccn2C)c(C(C)O)cc1F. The van der Waals surface area contributed by atoms with Crippen molar-refractivity contribution in [1.29, 1.82) is 0 Å². The van der Waals surface area contributed by atoms with Crippen molar-refractivity contribution in [2.24, 2.45) is 7.05 Å². The summed E-state index contributed by atoms with van der Waals surface area (Å²) in [7, 11) is 1.90. The number of nitrogens with zero attached hydrogens (tertiary/aromatic N) is 2. The van der Waals surface area contributed by atoms with Crippen LogP contribution in [-0.2, 0) is 7.05 Å². The molecule has 1 heterocycles. The first kappa shape index (κ1) is 13.1. The third-order valence-corrected chi connectivity index (χ3v) is 3.87. The minimum Gasteiger partial charge on any atom is -0.389 e.